The van der Waals surface area contributed by atoms with Gasteiger partial charge in [0.1, 0.15) is 5.82 Å². The number of carbonyl (C=O) groups excluding carboxylic acids is 2. The number of nitrogens with one attached hydrogen (secondary N) is 1. The number of anilines is 2. The minimum Gasteiger partial charge on any atom is -0.407 e. The molecule has 0 saturated carbocycles. The van der Waals surface area contributed by atoms with Crippen molar-refractivity contribution < 1.29 is 14.3 Å². The zero-order valence-electron chi connectivity index (χ0n) is 16.4. The zero-order valence-corrected chi connectivity index (χ0v) is 16.4. The number of hydrogen-bond donors (Lipinski definition) is 1. The minimum absolute atomic E-state index is 0.0124. The third-order valence-corrected chi connectivity index (χ3v) is 4.20. The minimum atomic E-state index is -0.488. The molecule has 1 amide bonds. The smallest absolute Gasteiger partial charge is 0.309 e. The summed E-state index contributed by atoms with van der Waals surface area (Å²) in [4.78, 5) is 38.4. The van der Waals surface area contributed by atoms with Crippen LogP contribution >= 0.6 is 0 Å². The first-order chi connectivity index (χ1) is 14.0. The van der Waals surface area contributed by atoms with Crippen molar-refractivity contribution in [1.29, 1.82) is 0 Å². The lowest BCUT2D eigenvalue weighted by atomic mass is 10.2. The van der Waals surface area contributed by atoms with E-state index < -0.39 is 5.97 Å². The van der Waals surface area contributed by atoms with Gasteiger partial charge in [0.2, 0.25) is 11.8 Å². The Morgan fingerprint density at radius 3 is 2.41 bits per heavy atom. The monoisotopic (exact) mass is 391 g/mol. The van der Waals surface area contributed by atoms with Gasteiger partial charge in [-0.15, -0.1) is 0 Å². The summed E-state index contributed by atoms with van der Waals surface area (Å²) in [7, 11) is 1.71. The molecule has 0 radical (unpaired) electrons. The van der Waals surface area contributed by atoms with E-state index in [2.05, 4.69) is 20.3 Å². The van der Waals surface area contributed by atoms with Crippen molar-refractivity contribution in [2.45, 2.75) is 13.8 Å². The third kappa shape index (κ3) is 4.92. The van der Waals surface area contributed by atoms with Crippen LogP contribution in [0.4, 0.5) is 11.5 Å². The van der Waals surface area contributed by atoms with Crippen LogP contribution in [0.1, 0.15) is 12.5 Å². The second-order valence-corrected chi connectivity index (χ2v) is 6.30. The molecule has 2 aromatic heterocycles. The van der Waals surface area contributed by atoms with Crippen LogP contribution in [0.3, 0.4) is 0 Å². The van der Waals surface area contributed by atoms with Crippen molar-refractivity contribution in [3.05, 3.63) is 60.4 Å². The fourth-order valence-corrected chi connectivity index (χ4v) is 2.61. The molecule has 0 aliphatic carbocycles. The molecule has 0 bridgehead atoms. The van der Waals surface area contributed by atoms with Gasteiger partial charge in [-0.1, -0.05) is 18.2 Å². The standard InChI is InChI=1S/C21H21N5O3/c1-14-19(23-13-18(28)26(3)17-7-5-4-6-8-17)24-20(16-9-11-22-12-10-16)25-21(14)29-15(2)27/h4-12H,13H2,1-3H3,(H,23,24,25). The summed E-state index contributed by atoms with van der Waals surface area (Å²) in [6.45, 7) is 3.04. The first kappa shape index (κ1) is 19.9. The molecule has 29 heavy (non-hydrogen) atoms. The number of ether oxygens (including phenoxy) is 1. The van der Waals surface area contributed by atoms with E-state index in [1.165, 1.54) is 6.92 Å². The molecule has 1 N–H and O–H groups in total. The maximum atomic E-state index is 12.6. The van der Waals surface area contributed by atoms with E-state index in [1.807, 2.05) is 30.3 Å². The van der Waals surface area contributed by atoms with Crippen LogP contribution in [0.5, 0.6) is 5.88 Å². The fraction of sp³-hybridized carbons (Fsp3) is 0.190. The predicted molar refractivity (Wildman–Crippen MR) is 110 cm³/mol. The van der Waals surface area contributed by atoms with Crippen LogP contribution in [0, 0.1) is 6.92 Å². The number of pyridine rings is 1. The van der Waals surface area contributed by atoms with Crippen molar-refractivity contribution in [3.63, 3.8) is 0 Å². The Morgan fingerprint density at radius 1 is 1.07 bits per heavy atom. The molecule has 0 fully saturated rings. The van der Waals surface area contributed by atoms with E-state index in [4.69, 9.17) is 4.74 Å². The van der Waals surface area contributed by atoms with E-state index in [0.29, 0.717) is 22.8 Å². The van der Waals surface area contributed by atoms with E-state index >= 15 is 0 Å². The lowest BCUT2D eigenvalue weighted by molar-refractivity contribution is -0.132. The van der Waals surface area contributed by atoms with Gasteiger partial charge in [0.15, 0.2) is 5.82 Å². The summed E-state index contributed by atoms with van der Waals surface area (Å²) in [5, 5.41) is 3.04. The van der Waals surface area contributed by atoms with Gasteiger partial charge in [0.05, 0.1) is 12.1 Å². The van der Waals surface area contributed by atoms with E-state index in [-0.39, 0.29) is 18.3 Å². The highest BCUT2D eigenvalue weighted by Crippen LogP contribution is 2.26. The van der Waals surface area contributed by atoms with Gasteiger partial charge in [-0.3, -0.25) is 14.6 Å². The molecule has 3 rings (SSSR count). The van der Waals surface area contributed by atoms with Gasteiger partial charge in [-0.25, -0.2) is 4.98 Å². The maximum Gasteiger partial charge on any atom is 0.309 e. The van der Waals surface area contributed by atoms with Crippen LogP contribution < -0.4 is 15.0 Å². The normalized spacial score (nSPS) is 10.3. The number of nitrogens with zero attached hydrogens (tertiary/aromatic N) is 4. The van der Waals surface area contributed by atoms with Crippen molar-refractivity contribution in [2.75, 3.05) is 23.8 Å². The third-order valence-electron chi connectivity index (χ3n) is 4.20. The number of benzene rings is 1. The zero-order chi connectivity index (χ0) is 20.8. The Bertz CT molecular complexity index is 1010. The summed E-state index contributed by atoms with van der Waals surface area (Å²) in [6.07, 6.45) is 3.24. The second kappa shape index (κ2) is 8.92. The quantitative estimate of drug-likeness (QED) is 0.645. The number of rotatable bonds is 6. The fourth-order valence-electron chi connectivity index (χ4n) is 2.61. The van der Waals surface area contributed by atoms with E-state index in [9.17, 15) is 9.59 Å². The summed E-state index contributed by atoms with van der Waals surface area (Å²) >= 11 is 0. The lowest BCUT2D eigenvalue weighted by Crippen LogP contribution is -2.32. The van der Waals surface area contributed by atoms with Crippen LogP contribution in [0.15, 0.2) is 54.9 Å². The average molecular weight is 391 g/mol. The summed E-state index contributed by atoms with van der Waals surface area (Å²) in [5.74, 6) is 0.288. The predicted octanol–water partition coefficient (Wildman–Crippen LogP) is 2.85. The average Bonchev–Trinajstić information content (AvgIpc) is 2.74. The molecular formula is C21H21N5O3. The van der Waals surface area contributed by atoms with Gasteiger partial charge in [-0.05, 0) is 31.2 Å². The van der Waals surface area contributed by atoms with E-state index in [1.54, 1.807) is 43.4 Å². The summed E-state index contributed by atoms with van der Waals surface area (Å²) in [5.41, 5.74) is 2.04. The number of aromatic nitrogens is 3. The molecule has 8 heteroatoms. The Balaban J connectivity index is 1.85. The highest BCUT2D eigenvalue weighted by molar-refractivity contribution is 5.95. The number of amides is 1. The van der Waals surface area contributed by atoms with Crippen LogP contribution in [0.25, 0.3) is 11.4 Å². The molecule has 0 spiro atoms. The first-order valence-electron chi connectivity index (χ1n) is 8.98. The van der Waals surface area contributed by atoms with Crippen molar-refractivity contribution >= 4 is 23.4 Å². The molecule has 0 aliphatic rings. The Morgan fingerprint density at radius 2 is 1.76 bits per heavy atom. The molecule has 0 unspecified atom stereocenters. The lowest BCUT2D eigenvalue weighted by Gasteiger charge is -2.18. The first-order valence-corrected chi connectivity index (χ1v) is 8.98. The topological polar surface area (TPSA) is 97.3 Å². The molecule has 3 aromatic rings. The molecule has 0 aliphatic heterocycles. The number of esters is 1. The molecule has 0 atom stereocenters. The van der Waals surface area contributed by atoms with Gasteiger partial charge < -0.3 is 15.0 Å². The molecule has 0 saturated heterocycles. The van der Waals surface area contributed by atoms with Crippen molar-refractivity contribution in [1.82, 2.24) is 15.0 Å². The SMILES string of the molecule is CC(=O)Oc1nc(-c2ccncc2)nc(NCC(=O)N(C)c2ccccc2)c1C. The molecule has 2 heterocycles. The van der Waals surface area contributed by atoms with Gasteiger partial charge in [0, 0.05) is 37.6 Å². The number of carbonyl (C=O) groups is 2. The Kier molecular flexibility index (Phi) is 6.13. The number of para-hydroxylation sites is 1. The maximum absolute atomic E-state index is 12.6. The van der Waals surface area contributed by atoms with Crippen LogP contribution in [-0.4, -0.2) is 40.4 Å². The van der Waals surface area contributed by atoms with Gasteiger partial charge in [0.25, 0.3) is 0 Å². The van der Waals surface area contributed by atoms with Crippen LogP contribution in [-0.2, 0) is 9.59 Å². The van der Waals surface area contributed by atoms with Crippen LogP contribution in [0.2, 0.25) is 0 Å². The molecule has 148 valence electrons. The van der Waals surface area contributed by atoms with E-state index in [0.717, 1.165) is 5.69 Å². The van der Waals surface area contributed by atoms with Crippen molar-refractivity contribution in [3.8, 4) is 17.3 Å². The second-order valence-electron chi connectivity index (χ2n) is 6.30. The van der Waals surface area contributed by atoms with Gasteiger partial charge in [-0.2, -0.15) is 4.98 Å². The Hall–Kier alpha value is -3.81. The van der Waals surface area contributed by atoms with Gasteiger partial charge >= 0.3 is 5.97 Å². The summed E-state index contributed by atoms with van der Waals surface area (Å²) in [6, 6.07) is 12.8. The highest BCUT2D eigenvalue weighted by Gasteiger charge is 2.17. The molecule has 1 aromatic carbocycles. The number of hydrogen-bond acceptors (Lipinski definition) is 7. The largest absolute Gasteiger partial charge is 0.407 e. The molecule has 8 nitrogen and oxygen atoms in total. The highest BCUT2D eigenvalue weighted by atomic mass is 16.5. The Labute approximate surface area is 168 Å². The number of likely N-dealkylation sites (N-methyl/N-ethyl adjacent to an activating group) is 1. The molecular weight excluding hydrogens is 370 g/mol. The van der Waals surface area contributed by atoms with Crippen molar-refractivity contribution in [2.24, 2.45) is 0 Å². The summed E-state index contributed by atoms with van der Waals surface area (Å²) < 4.78 is 5.23.